The minimum Gasteiger partial charge on any atom is -0.468 e. The average Bonchev–Trinajstić information content (AvgIpc) is 3.04. The fourth-order valence-corrected chi connectivity index (χ4v) is 3.51. The van der Waals surface area contributed by atoms with Gasteiger partial charge >= 0.3 is 0 Å². The molecule has 1 heterocycles. The molecule has 7 heteroatoms. The summed E-state index contributed by atoms with van der Waals surface area (Å²) in [5, 5.41) is 8.75. The van der Waals surface area contributed by atoms with Gasteiger partial charge in [-0.1, -0.05) is 12.1 Å². The molecule has 120 valence electrons. The van der Waals surface area contributed by atoms with Crippen LogP contribution in [0.1, 0.15) is 29.5 Å². The van der Waals surface area contributed by atoms with E-state index >= 15 is 0 Å². The van der Waals surface area contributed by atoms with Gasteiger partial charge < -0.3 is 4.42 Å². The van der Waals surface area contributed by atoms with E-state index in [2.05, 4.69) is 0 Å². The van der Waals surface area contributed by atoms with E-state index in [0.29, 0.717) is 11.3 Å². The maximum atomic E-state index is 12.8. The lowest BCUT2D eigenvalue weighted by atomic mass is 10.2. The predicted octanol–water partition coefficient (Wildman–Crippen LogP) is 2.59. The van der Waals surface area contributed by atoms with E-state index in [-0.39, 0.29) is 30.2 Å². The summed E-state index contributed by atoms with van der Waals surface area (Å²) in [6, 6.07) is 11.1. The van der Waals surface area contributed by atoms with E-state index in [4.69, 9.17) is 9.68 Å². The lowest BCUT2D eigenvalue weighted by molar-refractivity contribution is 0.101. The standard InChI is InChI=1S/C16H16N2O4S/c1-13(19)14-5-2-7-16(11-14)23(20,21)18(9-4-8-17)12-15-6-3-10-22-15/h2-3,5-7,10-11H,4,9,12H2,1H3. The summed E-state index contributed by atoms with van der Waals surface area (Å²) >= 11 is 0. The Hall–Kier alpha value is -2.43. The van der Waals surface area contributed by atoms with Crippen molar-refractivity contribution in [3.05, 3.63) is 54.0 Å². The first kappa shape index (κ1) is 16.9. The number of rotatable bonds is 7. The van der Waals surface area contributed by atoms with Crippen molar-refractivity contribution >= 4 is 15.8 Å². The molecular formula is C16H16N2O4S. The van der Waals surface area contributed by atoms with Crippen molar-refractivity contribution in [3.63, 3.8) is 0 Å². The zero-order chi connectivity index (χ0) is 16.9. The summed E-state index contributed by atoms with van der Waals surface area (Å²) in [6.45, 7) is 1.45. The van der Waals surface area contributed by atoms with Crippen LogP contribution in [0.2, 0.25) is 0 Å². The Morgan fingerprint density at radius 3 is 2.70 bits per heavy atom. The topological polar surface area (TPSA) is 91.4 Å². The van der Waals surface area contributed by atoms with Crippen LogP contribution >= 0.6 is 0 Å². The number of hydrogen-bond acceptors (Lipinski definition) is 5. The van der Waals surface area contributed by atoms with Crippen molar-refractivity contribution in [1.29, 1.82) is 5.26 Å². The number of nitriles is 1. The van der Waals surface area contributed by atoms with Crippen molar-refractivity contribution < 1.29 is 17.6 Å². The third-order valence-electron chi connectivity index (χ3n) is 3.26. The Balaban J connectivity index is 2.37. The van der Waals surface area contributed by atoms with Gasteiger partial charge in [-0.05, 0) is 31.2 Å². The number of benzene rings is 1. The van der Waals surface area contributed by atoms with E-state index in [9.17, 15) is 13.2 Å². The molecule has 0 N–H and O–H groups in total. The van der Waals surface area contributed by atoms with Gasteiger partial charge in [-0.3, -0.25) is 4.79 Å². The van der Waals surface area contributed by atoms with E-state index in [0.717, 1.165) is 0 Å². The van der Waals surface area contributed by atoms with Crippen LogP contribution in [-0.2, 0) is 16.6 Å². The molecule has 0 aliphatic carbocycles. The predicted molar refractivity (Wildman–Crippen MR) is 83.0 cm³/mol. The molecule has 0 aliphatic rings. The average molecular weight is 332 g/mol. The summed E-state index contributed by atoms with van der Waals surface area (Å²) in [5.41, 5.74) is 0.323. The maximum absolute atomic E-state index is 12.8. The summed E-state index contributed by atoms with van der Waals surface area (Å²) in [4.78, 5) is 11.5. The van der Waals surface area contributed by atoms with Crippen molar-refractivity contribution in [2.45, 2.75) is 24.8 Å². The van der Waals surface area contributed by atoms with E-state index in [1.54, 1.807) is 18.2 Å². The Morgan fingerprint density at radius 2 is 2.09 bits per heavy atom. The molecule has 0 amide bonds. The van der Waals surface area contributed by atoms with Crippen LogP contribution in [0, 0.1) is 11.3 Å². The lowest BCUT2D eigenvalue weighted by Crippen LogP contribution is -2.31. The molecule has 23 heavy (non-hydrogen) atoms. The number of hydrogen-bond donors (Lipinski definition) is 0. The third kappa shape index (κ3) is 4.06. The van der Waals surface area contributed by atoms with Crippen LogP contribution in [-0.4, -0.2) is 25.1 Å². The molecule has 0 fully saturated rings. The number of Topliss-reactive ketones (excluding diaryl/α,β-unsaturated/α-hetero) is 1. The normalized spacial score (nSPS) is 11.3. The number of furan rings is 1. The molecule has 0 radical (unpaired) electrons. The maximum Gasteiger partial charge on any atom is 0.243 e. The zero-order valence-electron chi connectivity index (χ0n) is 12.6. The molecule has 0 saturated heterocycles. The summed E-state index contributed by atoms with van der Waals surface area (Å²) in [6.07, 6.45) is 1.52. The Bertz CT molecular complexity index is 820. The second kappa shape index (κ2) is 7.22. The number of ketones is 1. The Morgan fingerprint density at radius 1 is 1.30 bits per heavy atom. The molecular weight excluding hydrogens is 316 g/mol. The smallest absolute Gasteiger partial charge is 0.243 e. The molecule has 2 rings (SSSR count). The summed E-state index contributed by atoms with van der Waals surface area (Å²) in [5.74, 6) is 0.269. The van der Waals surface area contributed by atoms with Crippen molar-refractivity contribution in [2.75, 3.05) is 6.54 Å². The highest BCUT2D eigenvalue weighted by Crippen LogP contribution is 2.20. The van der Waals surface area contributed by atoms with Crippen molar-refractivity contribution in [3.8, 4) is 6.07 Å². The Labute approximate surface area is 135 Å². The molecule has 0 unspecified atom stereocenters. The molecule has 6 nitrogen and oxygen atoms in total. The van der Waals surface area contributed by atoms with Crippen LogP contribution in [0.3, 0.4) is 0 Å². The van der Waals surface area contributed by atoms with Gasteiger partial charge in [0.15, 0.2) is 5.78 Å². The monoisotopic (exact) mass is 332 g/mol. The number of carbonyl (C=O) groups is 1. The van der Waals surface area contributed by atoms with Crippen LogP contribution in [0.4, 0.5) is 0 Å². The second-order valence-corrected chi connectivity index (χ2v) is 6.85. The minimum absolute atomic E-state index is 0.0229. The van der Waals surface area contributed by atoms with Gasteiger partial charge in [0.1, 0.15) is 5.76 Å². The van der Waals surface area contributed by atoms with Crippen LogP contribution in [0.15, 0.2) is 52.0 Å². The fraction of sp³-hybridized carbons (Fsp3) is 0.250. The van der Waals surface area contributed by atoms with Gasteiger partial charge in [0.05, 0.1) is 23.8 Å². The molecule has 2 aromatic rings. The van der Waals surface area contributed by atoms with Crippen molar-refractivity contribution in [1.82, 2.24) is 4.31 Å². The first-order valence-corrected chi connectivity index (χ1v) is 8.39. The highest BCUT2D eigenvalue weighted by molar-refractivity contribution is 7.89. The van der Waals surface area contributed by atoms with Gasteiger partial charge in [0.2, 0.25) is 10.0 Å². The quantitative estimate of drug-likeness (QED) is 0.727. The number of nitrogens with zero attached hydrogens (tertiary/aromatic N) is 2. The molecule has 0 bridgehead atoms. The lowest BCUT2D eigenvalue weighted by Gasteiger charge is -2.20. The van der Waals surface area contributed by atoms with E-state index < -0.39 is 10.0 Å². The highest BCUT2D eigenvalue weighted by Gasteiger charge is 2.25. The summed E-state index contributed by atoms with van der Waals surface area (Å²) in [7, 11) is -3.84. The molecule has 1 aromatic carbocycles. The molecule has 0 spiro atoms. The molecule has 0 atom stereocenters. The highest BCUT2D eigenvalue weighted by atomic mass is 32.2. The third-order valence-corrected chi connectivity index (χ3v) is 5.10. The zero-order valence-corrected chi connectivity index (χ0v) is 13.4. The van der Waals surface area contributed by atoms with Gasteiger partial charge in [-0.15, -0.1) is 0 Å². The number of carbonyl (C=O) groups excluding carboxylic acids is 1. The summed E-state index contributed by atoms with van der Waals surface area (Å²) < 4.78 is 32.0. The number of sulfonamides is 1. The fourth-order valence-electron chi connectivity index (χ4n) is 2.06. The first-order chi connectivity index (χ1) is 10.9. The molecule has 1 aromatic heterocycles. The van der Waals surface area contributed by atoms with Crippen LogP contribution < -0.4 is 0 Å². The van der Waals surface area contributed by atoms with Gasteiger partial charge in [0.25, 0.3) is 0 Å². The first-order valence-electron chi connectivity index (χ1n) is 6.95. The Kier molecular flexibility index (Phi) is 5.32. The largest absolute Gasteiger partial charge is 0.468 e. The second-order valence-electron chi connectivity index (χ2n) is 4.91. The van der Waals surface area contributed by atoms with Crippen molar-refractivity contribution in [2.24, 2.45) is 0 Å². The molecule has 0 saturated carbocycles. The minimum atomic E-state index is -3.84. The van der Waals surface area contributed by atoms with Crippen LogP contribution in [0.25, 0.3) is 0 Å². The van der Waals surface area contributed by atoms with E-state index in [1.165, 1.54) is 35.7 Å². The van der Waals surface area contributed by atoms with Gasteiger partial charge in [-0.2, -0.15) is 9.57 Å². The SMILES string of the molecule is CC(=O)c1cccc(S(=O)(=O)N(CCC#N)Cc2ccco2)c1. The van der Waals surface area contributed by atoms with E-state index in [1.807, 2.05) is 6.07 Å². The van der Waals surface area contributed by atoms with Crippen LogP contribution in [0.5, 0.6) is 0 Å². The van der Waals surface area contributed by atoms with Gasteiger partial charge in [0, 0.05) is 18.5 Å². The molecule has 0 aliphatic heterocycles. The van der Waals surface area contributed by atoms with Gasteiger partial charge in [-0.25, -0.2) is 8.42 Å².